The van der Waals surface area contributed by atoms with Crippen LogP contribution >= 0.6 is 0 Å². The summed E-state index contributed by atoms with van der Waals surface area (Å²) in [6.07, 6.45) is 0. The van der Waals surface area contributed by atoms with Crippen LogP contribution in [0.5, 0.6) is 0 Å². The Morgan fingerprint density at radius 3 is 1.57 bits per heavy atom. The fraction of sp³-hybridized carbons (Fsp3) is 0.538. The molecular weight excluding hydrogens is 170 g/mol. The van der Waals surface area contributed by atoms with Crippen LogP contribution in [0.15, 0.2) is 24.3 Å². The van der Waals surface area contributed by atoms with Gasteiger partial charge in [-0.3, -0.25) is 0 Å². The minimum Gasteiger partial charge on any atom is -0.322 e. The van der Waals surface area contributed by atoms with E-state index in [0.717, 1.165) is 0 Å². The quantitative estimate of drug-likeness (QED) is 0.725. The van der Waals surface area contributed by atoms with E-state index in [2.05, 4.69) is 58.9 Å². The van der Waals surface area contributed by atoms with Crippen LogP contribution in [-0.4, -0.2) is 0 Å². The molecule has 0 aromatic heterocycles. The van der Waals surface area contributed by atoms with Crippen LogP contribution in [0.3, 0.4) is 0 Å². The van der Waals surface area contributed by atoms with Crippen molar-refractivity contribution in [2.24, 2.45) is 5.73 Å². The molecule has 0 aliphatic heterocycles. The van der Waals surface area contributed by atoms with Gasteiger partial charge in [0.15, 0.2) is 0 Å². The van der Waals surface area contributed by atoms with Crippen molar-refractivity contribution in [1.82, 2.24) is 0 Å². The van der Waals surface area contributed by atoms with Gasteiger partial charge < -0.3 is 5.73 Å². The van der Waals surface area contributed by atoms with Gasteiger partial charge in [-0.05, 0) is 30.4 Å². The predicted molar refractivity (Wildman–Crippen MR) is 62.4 cm³/mol. The predicted octanol–water partition coefficient (Wildman–Crippen LogP) is 3.18. The van der Waals surface area contributed by atoms with Crippen molar-refractivity contribution in [3.05, 3.63) is 35.4 Å². The molecule has 0 spiro atoms. The molecule has 0 heterocycles. The van der Waals surface area contributed by atoms with Crippen LogP contribution in [0.1, 0.15) is 45.7 Å². The zero-order chi connectivity index (χ0) is 11.0. The fourth-order valence-electron chi connectivity index (χ4n) is 1.70. The van der Waals surface area contributed by atoms with Crippen molar-refractivity contribution >= 4 is 0 Å². The van der Waals surface area contributed by atoms with Gasteiger partial charge >= 0.3 is 0 Å². The minimum absolute atomic E-state index is 0.160. The Morgan fingerprint density at radius 2 is 1.29 bits per heavy atom. The number of benzene rings is 1. The summed E-state index contributed by atoms with van der Waals surface area (Å²) >= 11 is 0. The number of hydrogen-bond donors (Lipinski definition) is 1. The van der Waals surface area contributed by atoms with Crippen LogP contribution in [-0.2, 0) is 11.0 Å². The maximum absolute atomic E-state index is 6.15. The first kappa shape index (κ1) is 11.3. The first-order valence-corrected chi connectivity index (χ1v) is 5.12. The molecule has 0 saturated heterocycles. The molecule has 0 unspecified atom stereocenters. The summed E-state index contributed by atoms with van der Waals surface area (Å²) in [7, 11) is 0. The van der Waals surface area contributed by atoms with Crippen LogP contribution < -0.4 is 5.73 Å². The molecule has 0 saturated carbocycles. The second kappa shape index (κ2) is 3.39. The van der Waals surface area contributed by atoms with E-state index in [1.54, 1.807) is 0 Å². The molecule has 1 aromatic carbocycles. The van der Waals surface area contributed by atoms with Gasteiger partial charge in [0.05, 0.1) is 0 Å². The molecule has 0 bridgehead atoms. The Hall–Kier alpha value is -0.820. The van der Waals surface area contributed by atoms with Crippen molar-refractivity contribution in [3.8, 4) is 0 Å². The van der Waals surface area contributed by atoms with E-state index in [0.29, 0.717) is 0 Å². The standard InChI is InChI=1S/C13H21N/c1-12(2,3)10-8-6-7-9-11(10)13(4,5)14/h6-9H,14H2,1-5H3. The van der Waals surface area contributed by atoms with Gasteiger partial charge in [0, 0.05) is 5.54 Å². The average molecular weight is 191 g/mol. The molecule has 0 aliphatic rings. The number of rotatable bonds is 1. The lowest BCUT2D eigenvalue weighted by molar-refractivity contribution is 0.511. The average Bonchev–Trinajstić information content (AvgIpc) is 2.01. The molecule has 1 aromatic rings. The molecule has 14 heavy (non-hydrogen) atoms. The summed E-state index contributed by atoms with van der Waals surface area (Å²) in [5.74, 6) is 0. The summed E-state index contributed by atoms with van der Waals surface area (Å²) < 4.78 is 0. The van der Waals surface area contributed by atoms with Gasteiger partial charge in [-0.2, -0.15) is 0 Å². The van der Waals surface area contributed by atoms with Crippen molar-refractivity contribution in [1.29, 1.82) is 0 Å². The van der Waals surface area contributed by atoms with Crippen LogP contribution in [0, 0.1) is 0 Å². The van der Waals surface area contributed by atoms with E-state index in [1.165, 1.54) is 11.1 Å². The highest BCUT2D eigenvalue weighted by atomic mass is 14.7. The Labute approximate surface area is 87.3 Å². The van der Waals surface area contributed by atoms with E-state index >= 15 is 0 Å². The van der Waals surface area contributed by atoms with Gasteiger partial charge in [0.25, 0.3) is 0 Å². The normalized spacial score (nSPS) is 13.0. The van der Waals surface area contributed by atoms with Gasteiger partial charge in [0.2, 0.25) is 0 Å². The molecule has 1 nitrogen and oxygen atoms in total. The van der Waals surface area contributed by atoms with E-state index in [-0.39, 0.29) is 11.0 Å². The molecule has 0 aliphatic carbocycles. The maximum Gasteiger partial charge on any atom is 0.0355 e. The lowest BCUT2D eigenvalue weighted by Crippen LogP contribution is -2.32. The summed E-state index contributed by atoms with van der Waals surface area (Å²) in [6, 6.07) is 8.43. The van der Waals surface area contributed by atoms with Gasteiger partial charge in [-0.15, -0.1) is 0 Å². The van der Waals surface area contributed by atoms with E-state index in [4.69, 9.17) is 5.73 Å². The summed E-state index contributed by atoms with van der Waals surface area (Å²) in [6.45, 7) is 10.8. The fourth-order valence-corrected chi connectivity index (χ4v) is 1.70. The van der Waals surface area contributed by atoms with Crippen molar-refractivity contribution in [2.75, 3.05) is 0 Å². The molecule has 0 amide bonds. The maximum atomic E-state index is 6.15. The zero-order valence-corrected chi connectivity index (χ0v) is 9.89. The van der Waals surface area contributed by atoms with E-state index in [1.807, 2.05) is 0 Å². The van der Waals surface area contributed by atoms with Crippen molar-refractivity contribution < 1.29 is 0 Å². The lowest BCUT2D eigenvalue weighted by atomic mass is 9.78. The third kappa shape index (κ3) is 2.36. The molecule has 1 heteroatoms. The third-order valence-corrected chi connectivity index (χ3v) is 2.43. The molecule has 0 fully saturated rings. The topological polar surface area (TPSA) is 26.0 Å². The summed E-state index contributed by atoms with van der Waals surface area (Å²) in [5, 5.41) is 0. The monoisotopic (exact) mass is 191 g/mol. The van der Waals surface area contributed by atoms with Crippen molar-refractivity contribution in [2.45, 2.75) is 45.6 Å². The first-order valence-electron chi connectivity index (χ1n) is 5.12. The summed E-state index contributed by atoms with van der Waals surface area (Å²) in [4.78, 5) is 0. The Morgan fingerprint density at radius 1 is 0.857 bits per heavy atom. The highest BCUT2D eigenvalue weighted by Crippen LogP contribution is 2.30. The first-order chi connectivity index (χ1) is 6.23. The van der Waals surface area contributed by atoms with E-state index in [9.17, 15) is 0 Å². The Balaban J connectivity index is 3.31. The SMILES string of the molecule is CC(C)(C)c1ccccc1C(C)(C)N. The number of hydrogen-bond acceptors (Lipinski definition) is 1. The number of nitrogens with two attached hydrogens (primary N) is 1. The third-order valence-electron chi connectivity index (χ3n) is 2.43. The smallest absolute Gasteiger partial charge is 0.0355 e. The summed E-state index contributed by atoms with van der Waals surface area (Å²) in [5.41, 5.74) is 8.64. The van der Waals surface area contributed by atoms with Gasteiger partial charge in [-0.25, -0.2) is 0 Å². The van der Waals surface area contributed by atoms with Crippen LogP contribution in [0.25, 0.3) is 0 Å². The zero-order valence-electron chi connectivity index (χ0n) is 9.89. The van der Waals surface area contributed by atoms with Gasteiger partial charge in [0.1, 0.15) is 0 Å². The molecular formula is C13H21N. The lowest BCUT2D eigenvalue weighted by Gasteiger charge is -2.29. The van der Waals surface area contributed by atoms with Crippen LogP contribution in [0.2, 0.25) is 0 Å². The molecule has 2 N–H and O–H groups in total. The highest BCUT2D eigenvalue weighted by Gasteiger charge is 2.24. The molecule has 1 rings (SSSR count). The second-order valence-electron chi connectivity index (χ2n) is 5.52. The highest BCUT2D eigenvalue weighted by molar-refractivity contribution is 5.37. The van der Waals surface area contributed by atoms with E-state index < -0.39 is 0 Å². The largest absolute Gasteiger partial charge is 0.322 e. The minimum atomic E-state index is -0.260. The molecule has 0 radical (unpaired) electrons. The Bertz CT molecular complexity index is 280. The molecule has 78 valence electrons. The molecule has 0 atom stereocenters. The van der Waals surface area contributed by atoms with Gasteiger partial charge in [-0.1, -0.05) is 45.0 Å². The van der Waals surface area contributed by atoms with Crippen LogP contribution in [0.4, 0.5) is 0 Å². The second-order valence-corrected chi connectivity index (χ2v) is 5.52. The Kier molecular flexibility index (Phi) is 2.73. The van der Waals surface area contributed by atoms with Crippen molar-refractivity contribution in [3.63, 3.8) is 0 Å².